The molecule has 1 N–H and O–H groups in total. The maximum absolute atomic E-state index is 8.80. The van der Waals surface area contributed by atoms with Gasteiger partial charge in [-0.15, -0.1) is 0 Å². The van der Waals surface area contributed by atoms with E-state index in [9.17, 15) is 0 Å². The van der Waals surface area contributed by atoms with Crippen LogP contribution in [0.5, 0.6) is 5.75 Å². The molecule has 0 aliphatic heterocycles. The molecular formula is C13H12N4O. The lowest BCUT2D eigenvalue weighted by Crippen LogP contribution is -2.03. The molecule has 18 heavy (non-hydrogen) atoms. The number of methoxy groups -OCH3 is 1. The van der Waals surface area contributed by atoms with Gasteiger partial charge in [0.2, 0.25) is 5.95 Å². The Balaban J connectivity index is 2.00. The summed E-state index contributed by atoms with van der Waals surface area (Å²) in [7, 11) is 1.57. The maximum atomic E-state index is 8.80. The Bertz CT molecular complexity index is 560. The lowest BCUT2D eigenvalue weighted by molar-refractivity contribution is 0.411. The van der Waals surface area contributed by atoms with Crippen molar-refractivity contribution in [1.29, 1.82) is 5.26 Å². The van der Waals surface area contributed by atoms with Gasteiger partial charge in [0, 0.05) is 6.54 Å². The van der Waals surface area contributed by atoms with Gasteiger partial charge in [0.15, 0.2) is 5.75 Å². The Labute approximate surface area is 105 Å². The zero-order chi connectivity index (χ0) is 12.8. The molecule has 1 aromatic heterocycles. The van der Waals surface area contributed by atoms with Gasteiger partial charge < -0.3 is 10.1 Å². The molecule has 2 rings (SSSR count). The van der Waals surface area contributed by atoms with Crippen molar-refractivity contribution in [3.63, 3.8) is 0 Å². The summed E-state index contributed by atoms with van der Waals surface area (Å²) >= 11 is 0. The molecule has 0 amide bonds. The molecule has 90 valence electrons. The molecule has 0 unspecified atom stereocenters. The first-order valence-electron chi connectivity index (χ1n) is 5.41. The predicted octanol–water partition coefficient (Wildman–Crippen LogP) is 1.97. The summed E-state index contributed by atoms with van der Waals surface area (Å²) in [6, 6.07) is 9.50. The summed E-state index contributed by atoms with van der Waals surface area (Å²) in [4.78, 5) is 8.19. The van der Waals surface area contributed by atoms with Gasteiger partial charge in [-0.1, -0.05) is 12.1 Å². The Morgan fingerprint density at radius 2 is 2.11 bits per heavy atom. The van der Waals surface area contributed by atoms with Crippen LogP contribution in [0.4, 0.5) is 5.95 Å². The molecule has 1 aromatic carbocycles. The first-order chi connectivity index (χ1) is 8.81. The highest BCUT2D eigenvalue weighted by Crippen LogP contribution is 2.09. The Morgan fingerprint density at radius 3 is 2.78 bits per heavy atom. The van der Waals surface area contributed by atoms with E-state index in [1.165, 1.54) is 0 Å². The third-order valence-electron chi connectivity index (χ3n) is 2.37. The molecule has 5 heteroatoms. The second kappa shape index (κ2) is 5.64. The highest BCUT2D eigenvalue weighted by Gasteiger charge is 1.98. The van der Waals surface area contributed by atoms with Crippen LogP contribution in [0.25, 0.3) is 0 Å². The van der Waals surface area contributed by atoms with Gasteiger partial charge in [0.1, 0.15) is 0 Å². The number of nitrogens with one attached hydrogen (secondary N) is 1. The fraction of sp³-hybridized carbons (Fsp3) is 0.154. The molecule has 0 saturated carbocycles. The van der Waals surface area contributed by atoms with E-state index in [1.54, 1.807) is 25.6 Å². The molecular weight excluding hydrogens is 228 g/mol. The van der Waals surface area contributed by atoms with Gasteiger partial charge in [0.25, 0.3) is 0 Å². The highest BCUT2D eigenvalue weighted by atomic mass is 16.5. The Kier molecular flexibility index (Phi) is 3.72. The van der Waals surface area contributed by atoms with Crippen LogP contribution in [-0.4, -0.2) is 17.1 Å². The monoisotopic (exact) mass is 240 g/mol. The minimum Gasteiger partial charge on any atom is -0.494 e. The smallest absolute Gasteiger partial charge is 0.223 e. The van der Waals surface area contributed by atoms with E-state index < -0.39 is 0 Å². The minimum atomic E-state index is 0.526. The fourth-order valence-corrected chi connectivity index (χ4v) is 1.44. The van der Waals surface area contributed by atoms with E-state index >= 15 is 0 Å². The van der Waals surface area contributed by atoms with Crippen LogP contribution >= 0.6 is 0 Å². The van der Waals surface area contributed by atoms with Gasteiger partial charge in [-0.25, -0.2) is 9.97 Å². The number of hydrogen-bond donors (Lipinski definition) is 1. The predicted molar refractivity (Wildman–Crippen MR) is 67.1 cm³/mol. The van der Waals surface area contributed by atoms with Crippen molar-refractivity contribution >= 4 is 5.95 Å². The number of nitriles is 1. The summed E-state index contributed by atoms with van der Waals surface area (Å²) in [5.74, 6) is 1.14. The number of aromatic nitrogens is 2. The van der Waals surface area contributed by atoms with Crippen molar-refractivity contribution < 1.29 is 4.74 Å². The summed E-state index contributed by atoms with van der Waals surface area (Å²) in [6.45, 7) is 0.571. The largest absolute Gasteiger partial charge is 0.494 e. The van der Waals surface area contributed by atoms with Crippen LogP contribution in [0.1, 0.15) is 11.1 Å². The molecule has 0 aliphatic carbocycles. The third-order valence-corrected chi connectivity index (χ3v) is 2.37. The van der Waals surface area contributed by atoms with E-state index in [1.807, 2.05) is 18.2 Å². The first-order valence-corrected chi connectivity index (χ1v) is 5.41. The number of rotatable bonds is 4. The van der Waals surface area contributed by atoms with Crippen molar-refractivity contribution in [2.45, 2.75) is 6.54 Å². The lowest BCUT2D eigenvalue weighted by atomic mass is 10.1. The van der Waals surface area contributed by atoms with E-state index in [0.717, 1.165) is 5.56 Å². The molecule has 0 bridgehead atoms. The quantitative estimate of drug-likeness (QED) is 0.884. The minimum absolute atomic E-state index is 0.526. The zero-order valence-corrected chi connectivity index (χ0v) is 9.92. The number of ether oxygens (including phenoxy) is 1. The van der Waals surface area contributed by atoms with Gasteiger partial charge in [-0.05, 0) is 17.7 Å². The first kappa shape index (κ1) is 11.9. The molecule has 0 fully saturated rings. The average molecular weight is 240 g/mol. The Hall–Kier alpha value is -2.61. The SMILES string of the molecule is COc1cnc(NCc2cccc(C#N)c2)nc1. The van der Waals surface area contributed by atoms with Crippen LogP contribution < -0.4 is 10.1 Å². The van der Waals surface area contributed by atoms with Crippen molar-refractivity contribution in [2.75, 3.05) is 12.4 Å². The van der Waals surface area contributed by atoms with Gasteiger partial charge in [-0.2, -0.15) is 5.26 Å². The van der Waals surface area contributed by atoms with Crippen molar-refractivity contribution in [3.05, 3.63) is 47.8 Å². The van der Waals surface area contributed by atoms with Gasteiger partial charge in [-0.3, -0.25) is 0 Å². The van der Waals surface area contributed by atoms with Gasteiger partial charge in [0.05, 0.1) is 31.1 Å². The van der Waals surface area contributed by atoms with E-state index in [-0.39, 0.29) is 0 Å². The Morgan fingerprint density at radius 1 is 1.33 bits per heavy atom. The van der Waals surface area contributed by atoms with E-state index in [2.05, 4.69) is 21.4 Å². The molecule has 0 aliphatic rings. The van der Waals surface area contributed by atoms with E-state index in [0.29, 0.717) is 23.8 Å². The third kappa shape index (κ3) is 2.95. The lowest BCUT2D eigenvalue weighted by Gasteiger charge is -2.05. The summed E-state index contributed by atoms with van der Waals surface area (Å²) < 4.78 is 4.97. The summed E-state index contributed by atoms with van der Waals surface area (Å²) in [5.41, 5.74) is 1.65. The molecule has 0 atom stereocenters. The zero-order valence-electron chi connectivity index (χ0n) is 9.92. The fourth-order valence-electron chi connectivity index (χ4n) is 1.44. The van der Waals surface area contributed by atoms with Crippen molar-refractivity contribution in [2.24, 2.45) is 0 Å². The van der Waals surface area contributed by atoms with Crippen LogP contribution in [0.3, 0.4) is 0 Å². The molecule has 0 saturated heterocycles. The maximum Gasteiger partial charge on any atom is 0.223 e. The summed E-state index contributed by atoms with van der Waals surface area (Å²) in [6.07, 6.45) is 3.20. The van der Waals surface area contributed by atoms with Crippen LogP contribution in [-0.2, 0) is 6.54 Å². The second-order valence-corrected chi connectivity index (χ2v) is 3.61. The molecule has 0 spiro atoms. The van der Waals surface area contributed by atoms with E-state index in [4.69, 9.17) is 10.00 Å². The summed E-state index contributed by atoms with van der Waals surface area (Å²) in [5, 5.41) is 11.9. The molecule has 5 nitrogen and oxygen atoms in total. The molecule has 2 aromatic rings. The normalized spacial score (nSPS) is 9.56. The number of hydrogen-bond acceptors (Lipinski definition) is 5. The van der Waals surface area contributed by atoms with Crippen molar-refractivity contribution in [1.82, 2.24) is 9.97 Å². The molecule has 0 radical (unpaired) electrons. The van der Waals surface area contributed by atoms with Crippen LogP contribution in [0.2, 0.25) is 0 Å². The standard InChI is InChI=1S/C13H12N4O/c1-18-12-8-16-13(17-9-12)15-7-11-4-2-3-10(5-11)6-14/h2-5,8-9H,7H2,1H3,(H,15,16,17). The van der Waals surface area contributed by atoms with Crippen molar-refractivity contribution in [3.8, 4) is 11.8 Å². The second-order valence-electron chi connectivity index (χ2n) is 3.61. The number of nitrogens with zero attached hydrogens (tertiary/aromatic N) is 3. The number of anilines is 1. The van der Waals surface area contributed by atoms with Crippen LogP contribution in [0.15, 0.2) is 36.7 Å². The average Bonchev–Trinajstić information content (AvgIpc) is 2.46. The van der Waals surface area contributed by atoms with Crippen LogP contribution in [0, 0.1) is 11.3 Å². The highest BCUT2D eigenvalue weighted by molar-refractivity contribution is 5.35. The number of benzene rings is 1. The molecule has 1 heterocycles. The van der Waals surface area contributed by atoms with Gasteiger partial charge >= 0.3 is 0 Å². The topological polar surface area (TPSA) is 70.8 Å².